The average molecular weight is 671 g/mol. The highest BCUT2D eigenvalue weighted by Crippen LogP contribution is 2.31. The Balaban J connectivity index is 0.00000800. The molecule has 0 aromatic heterocycles. The zero-order chi connectivity index (χ0) is 34.5. The summed E-state index contributed by atoms with van der Waals surface area (Å²) in [6, 6.07) is 5.06. The molecule has 0 saturated heterocycles. The van der Waals surface area contributed by atoms with Crippen molar-refractivity contribution in [1.29, 1.82) is 0 Å². The fourth-order valence-electron chi connectivity index (χ4n) is 5.12. The maximum atomic E-state index is 13.9. The van der Waals surface area contributed by atoms with Crippen LogP contribution in [0.25, 0.3) is 11.1 Å². The lowest BCUT2D eigenvalue weighted by Crippen LogP contribution is -2.58. The van der Waals surface area contributed by atoms with E-state index in [1.807, 2.05) is 0 Å². The Hall–Kier alpha value is -4.93. The van der Waals surface area contributed by atoms with E-state index in [1.165, 1.54) is 12.1 Å². The van der Waals surface area contributed by atoms with Crippen molar-refractivity contribution in [2.24, 2.45) is 33.7 Å². The number of nitrogens with two attached hydrogens (primary N) is 5. The quantitative estimate of drug-likeness (QED) is 0.0676. The molecule has 4 amide bonds. The number of aliphatic imine (C=N–C) groups is 1. The van der Waals surface area contributed by atoms with E-state index in [0.29, 0.717) is 35.1 Å². The number of hydrogen-bond donors (Lipinski definition) is 11. The summed E-state index contributed by atoms with van der Waals surface area (Å²) in [7, 11) is 0. The molecule has 1 unspecified atom stereocenters. The molecule has 1 aliphatic rings. The van der Waals surface area contributed by atoms with Crippen molar-refractivity contribution in [2.75, 3.05) is 26.2 Å². The first-order chi connectivity index (χ1) is 22.4. The minimum atomic E-state index is -1.29. The first-order valence-corrected chi connectivity index (χ1v) is 15.5. The Morgan fingerprint density at radius 2 is 1.54 bits per heavy atom. The number of amides is 4. The fraction of sp³-hybridized carbons (Fsp3) is 0.469. The predicted octanol–water partition coefficient (Wildman–Crippen LogP) is -1.85. The molecule has 2 aromatic carbocycles. The number of guanidine groups is 1. The minimum Gasteiger partial charge on any atom is -0.508 e. The van der Waals surface area contributed by atoms with E-state index in [0.717, 1.165) is 0 Å². The van der Waals surface area contributed by atoms with Gasteiger partial charge in [0.05, 0.1) is 6.04 Å². The molecule has 16 N–H and O–H groups in total. The van der Waals surface area contributed by atoms with Crippen LogP contribution in [0.4, 0.5) is 0 Å². The van der Waals surface area contributed by atoms with Crippen molar-refractivity contribution in [3.63, 3.8) is 0 Å². The van der Waals surface area contributed by atoms with Gasteiger partial charge >= 0.3 is 0 Å². The second-order valence-corrected chi connectivity index (χ2v) is 11.3. The Kier molecular flexibility index (Phi) is 15.6. The average Bonchev–Trinajstić information content (AvgIpc) is 3.04. The summed E-state index contributed by atoms with van der Waals surface area (Å²) in [6.07, 6.45) is 0.826. The van der Waals surface area contributed by atoms with Crippen LogP contribution in [0.5, 0.6) is 11.5 Å². The van der Waals surface area contributed by atoms with Gasteiger partial charge in [0, 0.05) is 32.5 Å². The molecule has 0 radical (unpaired) electrons. The van der Waals surface area contributed by atoms with Gasteiger partial charge in [0.2, 0.25) is 23.6 Å². The van der Waals surface area contributed by atoms with E-state index in [-0.39, 0.29) is 76.7 Å². The summed E-state index contributed by atoms with van der Waals surface area (Å²) in [5.74, 6) is -2.84. The number of carbonyl (C=O) groups is 4. The second kappa shape index (κ2) is 19.0. The van der Waals surface area contributed by atoms with Crippen LogP contribution in [0.15, 0.2) is 41.4 Å². The molecule has 0 spiro atoms. The fourth-order valence-corrected chi connectivity index (χ4v) is 5.12. The monoisotopic (exact) mass is 670 g/mol. The van der Waals surface area contributed by atoms with Crippen molar-refractivity contribution in [3.8, 4) is 22.6 Å². The number of carbonyl (C=O) groups excluding carboxylic acids is 4. The van der Waals surface area contributed by atoms with Crippen LogP contribution >= 0.6 is 0 Å². The minimum absolute atomic E-state index is 0. The zero-order valence-electron chi connectivity index (χ0n) is 26.2. The van der Waals surface area contributed by atoms with Gasteiger partial charge in [0.25, 0.3) is 0 Å². The van der Waals surface area contributed by atoms with Gasteiger partial charge in [0.1, 0.15) is 29.6 Å². The van der Waals surface area contributed by atoms with Crippen molar-refractivity contribution < 1.29 is 29.4 Å². The van der Waals surface area contributed by atoms with Crippen LogP contribution in [-0.4, -0.2) is 90.1 Å². The highest BCUT2D eigenvalue weighted by Gasteiger charge is 2.31. The summed E-state index contributed by atoms with van der Waals surface area (Å²) >= 11 is 0. The highest BCUT2D eigenvalue weighted by molar-refractivity contribution is 5.95. The van der Waals surface area contributed by atoms with Gasteiger partial charge in [-0.05, 0) is 78.7 Å². The van der Waals surface area contributed by atoms with E-state index >= 15 is 0 Å². The molecule has 2 aromatic rings. The van der Waals surface area contributed by atoms with Gasteiger partial charge in [0.15, 0.2) is 5.96 Å². The van der Waals surface area contributed by atoms with Crippen LogP contribution in [-0.2, 0) is 32.0 Å². The summed E-state index contributed by atoms with van der Waals surface area (Å²) in [4.78, 5) is 57.6. The van der Waals surface area contributed by atoms with Crippen molar-refractivity contribution in [2.45, 2.75) is 70.1 Å². The molecule has 4 atom stereocenters. The van der Waals surface area contributed by atoms with Crippen molar-refractivity contribution in [1.82, 2.24) is 21.3 Å². The molecule has 0 fully saturated rings. The van der Waals surface area contributed by atoms with E-state index in [9.17, 15) is 29.4 Å². The van der Waals surface area contributed by atoms with Gasteiger partial charge in [-0.3, -0.25) is 24.2 Å². The molecule has 0 saturated carbocycles. The number of rotatable bonds is 12. The normalized spacial score (nSPS) is 18.4. The second-order valence-electron chi connectivity index (χ2n) is 11.3. The standard InChI is InChI=1S/C31H46N10O6.CH4/c32-9-1-3-23-29(46)41-24(30(47)40-22(28(45)37-12-10-33)4-2-11-38-31(35)36)16-20-14-18(6-8-26(20)43)17-5-7-25(42)19(13-17)15-21(34)27(44)39-23;/h5-8,13-14,21-24,42-43H,1-4,9-12,15-16,32-34H2,(H,37,45)(H,39,44)(H,40,47)(H,41,46)(H4,35,36,38);1H4/t21-,22?,23-,24-;/m0./s1. The van der Waals surface area contributed by atoms with Crippen LogP contribution in [0.1, 0.15) is 44.2 Å². The number of nitrogens with zero attached hydrogens (tertiary/aromatic N) is 1. The smallest absolute Gasteiger partial charge is 0.243 e. The summed E-state index contributed by atoms with van der Waals surface area (Å²) in [5.41, 5.74) is 30.3. The van der Waals surface area contributed by atoms with Crippen LogP contribution in [0.2, 0.25) is 0 Å². The number of nitrogens with one attached hydrogen (secondary N) is 4. The van der Waals surface area contributed by atoms with Crippen molar-refractivity contribution in [3.05, 3.63) is 47.5 Å². The van der Waals surface area contributed by atoms with E-state index in [4.69, 9.17) is 28.7 Å². The molecule has 16 heteroatoms. The van der Waals surface area contributed by atoms with Crippen LogP contribution in [0, 0.1) is 0 Å². The zero-order valence-corrected chi connectivity index (χ0v) is 26.2. The lowest BCUT2D eigenvalue weighted by molar-refractivity contribution is -0.134. The summed E-state index contributed by atoms with van der Waals surface area (Å²) in [6.45, 7) is 0.792. The maximum absolute atomic E-state index is 13.9. The molecule has 3 rings (SSSR count). The van der Waals surface area contributed by atoms with Gasteiger partial charge in [-0.25, -0.2) is 0 Å². The molecule has 48 heavy (non-hydrogen) atoms. The van der Waals surface area contributed by atoms with E-state index in [2.05, 4.69) is 26.3 Å². The first-order valence-electron chi connectivity index (χ1n) is 15.5. The number of benzene rings is 2. The lowest BCUT2D eigenvalue weighted by atomic mass is 9.95. The molecular weight excluding hydrogens is 620 g/mol. The van der Waals surface area contributed by atoms with Crippen molar-refractivity contribution >= 4 is 29.6 Å². The molecule has 16 nitrogen and oxygen atoms in total. The number of phenolic OH excluding ortho intramolecular Hbond substituents is 2. The predicted molar refractivity (Wildman–Crippen MR) is 183 cm³/mol. The van der Waals surface area contributed by atoms with Crippen LogP contribution in [0.3, 0.4) is 0 Å². The third-order valence-electron chi connectivity index (χ3n) is 7.68. The summed E-state index contributed by atoms with van der Waals surface area (Å²) < 4.78 is 0. The Bertz CT molecular complexity index is 1450. The topological polar surface area (TPSA) is 299 Å². The number of hydrogen-bond acceptors (Lipinski definition) is 10. The van der Waals surface area contributed by atoms with Crippen LogP contribution < -0.4 is 49.9 Å². The maximum Gasteiger partial charge on any atom is 0.243 e. The Morgan fingerprint density at radius 1 is 0.917 bits per heavy atom. The lowest BCUT2D eigenvalue weighted by Gasteiger charge is -2.26. The number of phenols is 2. The summed E-state index contributed by atoms with van der Waals surface area (Å²) in [5, 5.41) is 32.0. The first kappa shape index (κ1) is 39.2. The highest BCUT2D eigenvalue weighted by atomic mass is 16.3. The Morgan fingerprint density at radius 3 is 2.12 bits per heavy atom. The molecule has 4 bridgehead atoms. The largest absolute Gasteiger partial charge is 0.508 e. The third-order valence-corrected chi connectivity index (χ3v) is 7.68. The molecule has 1 aliphatic heterocycles. The van der Waals surface area contributed by atoms with E-state index < -0.39 is 47.8 Å². The molecular formula is C32H50N10O6. The molecule has 1 heterocycles. The third kappa shape index (κ3) is 11.4. The van der Waals surface area contributed by atoms with Gasteiger partial charge in [-0.1, -0.05) is 19.6 Å². The van der Waals surface area contributed by atoms with E-state index in [1.54, 1.807) is 24.3 Å². The molecule has 264 valence electrons. The SMILES string of the molecule is C.NCCC[C@@H]1NC(=O)[C@@H](N)Cc2cc(ccc2O)-c2ccc(O)c(c2)C[C@@H](C(=O)NC(CCCN=C(N)N)C(=O)NCCN)NC1=O. The number of aromatic hydroxyl groups is 2. The number of fused-ring (bicyclic) bond motifs is 5. The van der Waals surface area contributed by atoms with Gasteiger partial charge < -0.3 is 60.1 Å². The Labute approximate surface area is 280 Å². The van der Waals surface area contributed by atoms with Gasteiger partial charge in [-0.15, -0.1) is 0 Å². The molecule has 0 aliphatic carbocycles. The van der Waals surface area contributed by atoms with Gasteiger partial charge in [-0.2, -0.15) is 0 Å².